The molecular weight excluding hydrogens is 387 g/mol. The van der Waals surface area contributed by atoms with Crippen molar-refractivity contribution in [1.82, 2.24) is 4.90 Å². The highest BCUT2D eigenvalue weighted by Crippen LogP contribution is 2.38. The third-order valence-corrected chi connectivity index (χ3v) is 8.52. The highest BCUT2D eigenvalue weighted by atomic mass is 32.2. The number of carbonyl (C=O) groups is 1. The van der Waals surface area contributed by atoms with Gasteiger partial charge in [-0.25, -0.2) is 12.8 Å². The van der Waals surface area contributed by atoms with Crippen molar-refractivity contribution in [2.45, 2.75) is 44.4 Å². The summed E-state index contributed by atoms with van der Waals surface area (Å²) in [6.07, 6.45) is 2.13. The predicted molar refractivity (Wildman–Crippen MR) is 107 cm³/mol. The number of carbonyl (C=O) groups excluding carboxylic acids is 1. The maximum atomic E-state index is 13.1. The van der Waals surface area contributed by atoms with Crippen LogP contribution >= 0.6 is 11.8 Å². The number of nitrogens with zero attached hydrogens (tertiary/aromatic N) is 2. The first kappa shape index (κ1) is 20.3. The molecule has 1 aromatic rings. The molecule has 2 saturated heterocycles. The summed E-state index contributed by atoms with van der Waals surface area (Å²) in [4.78, 5) is 18.8. The molecule has 2 aliphatic heterocycles. The lowest BCUT2D eigenvalue weighted by atomic mass is 10.0. The second-order valence-corrected chi connectivity index (χ2v) is 10.5. The van der Waals surface area contributed by atoms with Crippen LogP contribution in [0.2, 0.25) is 0 Å². The minimum atomic E-state index is -3.06. The molecule has 0 bridgehead atoms. The largest absolute Gasteiger partial charge is 0.346 e. The lowest BCUT2D eigenvalue weighted by molar-refractivity contribution is -0.121. The fourth-order valence-corrected chi connectivity index (χ4v) is 7.60. The smallest absolute Gasteiger partial charge is 0.251 e. The summed E-state index contributed by atoms with van der Waals surface area (Å²) in [6, 6.07) is 6.15. The van der Waals surface area contributed by atoms with Crippen LogP contribution in [0, 0.1) is 11.7 Å². The van der Waals surface area contributed by atoms with E-state index in [0.717, 1.165) is 18.4 Å². The van der Waals surface area contributed by atoms with Gasteiger partial charge in [-0.15, -0.1) is 0 Å². The van der Waals surface area contributed by atoms with E-state index in [1.807, 2.05) is 18.7 Å². The lowest BCUT2D eigenvalue weighted by Gasteiger charge is -2.24. The van der Waals surface area contributed by atoms with Gasteiger partial charge in [0.15, 0.2) is 15.0 Å². The van der Waals surface area contributed by atoms with Crippen LogP contribution in [0.1, 0.15) is 32.3 Å². The number of amides is 1. The van der Waals surface area contributed by atoms with Gasteiger partial charge in [0, 0.05) is 17.7 Å². The molecule has 148 valence electrons. The standard InChI is InChI=1S/C19H25FN2O3S2/c1-3-14(4-2)18(23)21-19-22(10-9-13-5-7-15(20)8-6-13)16-11-27(24,25)12-17(16)26-19/h5-8,14,16-17H,3-4,9-12H2,1-2H3. The van der Waals surface area contributed by atoms with Gasteiger partial charge in [-0.05, 0) is 37.0 Å². The summed E-state index contributed by atoms with van der Waals surface area (Å²) in [5.74, 6) is -0.270. The van der Waals surface area contributed by atoms with Crippen molar-refractivity contribution in [2.24, 2.45) is 10.9 Å². The van der Waals surface area contributed by atoms with E-state index in [1.54, 1.807) is 12.1 Å². The van der Waals surface area contributed by atoms with E-state index in [0.29, 0.717) is 18.1 Å². The van der Waals surface area contributed by atoms with Gasteiger partial charge in [0.25, 0.3) is 5.91 Å². The van der Waals surface area contributed by atoms with Crippen molar-refractivity contribution in [3.8, 4) is 0 Å². The maximum Gasteiger partial charge on any atom is 0.251 e. The summed E-state index contributed by atoms with van der Waals surface area (Å²) in [6.45, 7) is 4.51. The number of thioether (sulfide) groups is 1. The molecular formula is C19H25FN2O3S2. The number of benzene rings is 1. The second-order valence-electron chi connectivity index (χ2n) is 7.12. The number of sulfone groups is 1. The Hall–Kier alpha value is -1.41. The Morgan fingerprint density at radius 3 is 2.56 bits per heavy atom. The zero-order valence-electron chi connectivity index (χ0n) is 15.6. The average Bonchev–Trinajstić information content (AvgIpc) is 3.07. The fourth-order valence-electron chi connectivity index (χ4n) is 3.62. The van der Waals surface area contributed by atoms with E-state index >= 15 is 0 Å². The lowest BCUT2D eigenvalue weighted by Crippen LogP contribution is -2.39. The molecule has 2 unspecified atom stereocenters. The quantitative estimate of drug-likeness (QED) is 0.719. The fraction of sp³-hybridized carbons (Fsp3) is 0.579. The topological polar surface area (TPSA) is 66.8 Å². The van der Waals surface area contributed by atoms with Gasteiger partial charge in [-0.1, -0.05) is 37.7 Å². The van der Waals surface area contributed by atoms with Gasteiger partial charge in [0.05, 0.1) is 17.5 Å². The number of fused-ring (bicyclic) bond motifs is 1. The van der Waals surface area contributed by atoms with Crippen molar-refractivity contribution >= 4 is 32.7 Å². The third kappa shape index (κ3) is 4.71. The Kier molecular flexibility index (Phi) is 6.25. The normalized spacial score (nSPS) is 25.3. The van der Waals surface area contributed by atoms with Gasteiger partial charge in [0.2, 0.25) is 0 Å². The zero-order valence-corrected chi connectivity index (χ0v) is 17.2. The highest BCUT2D eigenvalue weighted by Gasteiger charge is 2.48. The van der Waals surface area contributed by atoms with Crippen molar-refractivity contribution in [3.63, 3.8) is 0 Å². The zero-order chi connectivity index (χ0) is 19.6. The Labute approximate surface area is 164 Å². The van der Waals surface area contributed by atoms with Crippen LogP contribution < -0.4 is 0 Å². The number of aliphatic imine (C=N–C) groups is 1. The van der Waals surface area contributed by atoms with E-state index in [-0.39, 0.29) is 40.4 Å². The van der Waals surface area contributed by atoms with Crippen molar-refractivity contribution < 1.29 is 17.6 Å². The minimum absolute atomic E-state index is 0.0727. The predicted octanol–water partition coefficient (Wildman–Crippen LogP) is 2.90. The highest BCUT2D eigenvalue weighted by molar-refractivity contribution is 8.15. The third-order valence-electron chi connectivity index (χ3n) is 5.27. The molecule has 0 aromatic heterocycles. The van der Waals surface area contributed by atoms with Crippen LogP contribution in [-0.4, -0.2) is 53.7 Å². The molecule has 27 heavy (non-hydrogen) atoms. The average molecular weight is 413 g/mol. The maximum absolute atomic E-state index is 13.1. The Balaban J connectivity index is 1.79. The molecule has 0 radical (unpaired) electrons. The number of rotatable bonds is 6. The number of hydrogen-bond donors (Lipinski definition) is 0. The van der Waals surface area contributed by atoms with E-state index in [2.05, 4.69) is 4.99 Å². The van der Waals surface area contributed by atoms with Crippen molar-refractivity contribution in [2.75, 3.05) is 18.1 Å². The number of amidine groups is 1. The Bertz CT molecular complexity index is 820. The van der Waals surface area contributed by atoms with Crippen LogP contribution in [0.5, 0.6) is 0 Å². The van der Waals surface area contributed by atoms with Crippen LogP contribution in [0.4, 0.5) is 4.39 Å². The molecule has 1 amide bonds. The Morgan fingerprint density at radius 2 is 1.93 bits per heavy atom. The van der Waals surface area contributed by atoms with Gasteiger partial charge in [0.1, 0.15) is 5.82 Å². The molecule has 0 N–H and O–H groups in total. The van der Waals surface area contributed by atoms with E-state index in [9.17, 15) is 17.6 Å². The van der Waals surface area contributed by atoms with Gasteiger partial charge >= 0.3 is 0 Å². The molecule has 8 heteroatoms. The van der Waals surface area contributed by atoms with Gasteiger partial charge < -0.3 is 4.90 Å². The van der Waals surface area contributed by atoms with Crippen LogP contribution in [0.25, 0.3) is 0 Å². The van der Waals surface area contributed by atoms with Crippen molar-refractivity contribution in [1.29, 1.82) is 0 Å². The summed E-state index contributed by atoms with van der Waals surface area (Å²) in [5.41, 5.74) is 0.969. The molecule has 1 aromatic carbocycles. The molecule has 0 saturated carbocycles. The molecule has 2 fully saturated rings. The first-order chi connectivity index (χ1) is 12.8. The van der Waals surface area contributed by atoms with E-state index in [4.69, 9.17) is 0 Å². The van der Waals surface area contributed by atoms with E-state index in [1.165, 1.54) is 23.9 Å². The molecule has 2 aliphatic rings. The van der Waals surface area contributed by atoms with Crippen molar-refractivity contribution in [3.05, 3.63) is 35.6 Å². The summed E-state index contributed by atoms with van der Waals surface area (Å²) in [7, 11) is -3.06. The monoisotopic (exact) mass is 412 g/mol. The first-order valence-electron chi connectivity index (χ1n) is 9.33. The Morgan fingerprint density at radius 1 is 1.26 bits per heavy atom. The number of halogens is 1. The first-order valence-corrected chi connectivity index (χ1v) is 12.0. The molecule has 5 nitrogen and oxygen atoms in total. The van der Waals surface area contributed by atoms with Crippen LogP contribution in [0.15, 0.2) is 29.3 Å². The minimum Gasteiger partial charge on any atom is -0.346 e. The second kappa shape index (κ2) is 8.31. The number of hydrogen-bond acceptors (Lipinski definition) is 4. The molecule has 3 rings (SSSR count). The SMILES string of the molecule is CCC(CC)C(=O)N=C1SC2CS(=O)(=O)CC2N1CCc1ccc(F)cc1. The summed E-state index contributed by atoms with van der Waals surface area (Å²) in [5, 5.41) is 0.565. The molecule has 0 aliphatic carbocycles. The molecule has 2 atom stereocenters. The van der Waals surface area contributed by atoms with Gasteiger partial charge in [-0.3, -0.25) is 4.79 Å². The van der Waals surface area contributed by atoms with E-state index < -0.39 is 9.84 Å². The molecule has 0 spiro atoms. The van der Waals surface area contributed by atoms with Crippen LogP contribution in [0.3, 0.4) is 0 Å². The van der Waals surface area contributed by atoms with Gasteiger partial charge in [-0.2, -0.15) is 4.99 Å². The van der Waals surface area contributed by atoms with Crippen LogP contribution in [-0.2, 0) is 21.1 Å². The summed E-state index contributed by atoms with van der Waals surface area (Å²) < 4.78 is 37.2. The molecule has 2 heterocycles. The summed E-state index contributed by atoms with van der Waals surface area (Å²) >= 11 is 1.41.